The molecule has 0 bridgehead atoms. The molecule has 0 saturated heterocycles. The smallest absolute Gasteiger partial charge is 0.261 e. The topological polar surface area (TPSA) is 58.6 Å². The summed E-state index contributed by atoms with van der Waals surface area (Å²) in [5.74, 6) is -0.718. The Labute approximate surface area is 204 Å². The van der Waals surface area contributed by atoms with Gasteiger partial charge in [0.1, 0.15) is 17.6 Å². The van der Waals surface area contributed by atoms with Gasteiger partial charge < -0.3 is 15.0 Å². The van der Waals surface area contributed by atoms with Crippen LogP contribution in [0.3, 0.4) is 0 Å². The fourth-order valence-electron chi connectivity index (χ4n) is 3.50. The summed E-state index contributed by atoms with van der Waals surface area (Å²) in [6.45, 7) is 3.32. The molecule has 3 aromatic carbocycles. The molecule has 1 atom stereocenters. The van der Waals surface area contributed by atoms with Crippen molar-refractivity contribution in [3.8, 4) is 5.75 Å². The van der Waals surface area contributed by atoms with Crippen molar-refractivity contribution in [1.82, 2.24) is 10.2 Å². The van der Waals surface area contributed by atoms with Gasteiger partial charge in [0.2, 0.25) is 5.91 Å². The van der Waals surface area contributed by atoms with Crippen LogP contribution in [0.5, 0.6) is 5.75 Å². The number of carbonyl (C=O) groups excluding carboxylic acids is 2. The van der Waals surface area contributed by atoms with E-state index in [0.717, 1.165) is 5.56 Å². The van der Waals surface area contributed by atoms with E-state index < -0.39 is 17.8 Å². The lowest BCUT2D eigenvalue weighted by atomic mass is 10.0. The Morgan fingerprint density at radius 1 is 0.971 bits per heavy atom. The second-order valence-corrected chi connectivity index (χ2v) is 8.66. The van der Waals surface area contributed by atoms with Gasteiger partial charge in [-0.15, -0.1) is 0 Å². The van der Waals surface area contributed by atoms with E-state index in [-0.39, 0.29) is 31.5 Å². The Bertz CT molecular complexity index is 1090. The number of hydrogen-bond donors (Lipinski definition) is 1. The van der Waals surface area contributed by atoms with Crippen LogP contribution in [0.15, 0.2) is 78.9 Å². The Hall–Kier alpha value is -3.38. The number of hydrogen-bond acceptors (Lipinski definition) is 3. The molecule has 178 valence electrons. The number of carbonyl (C=O) groups is 2. The maximum absolute atomic E-state index is 14.5. The number of ether oxygens (including phenoxy) is 1. The van der Waals surface area contributed by atoms with Crippen LogP contribution in [0.25, 0.3) is 0 Å². The third-order valence-corrected chi connectivity index (χ3v) is 5.43. The monoisotopic (exact) mass is 482 g/mol. The summed E-state index contributed by atoms with van der Waals surface area (Å²) in [5, 5.41) is 3.45. The molecular weight excluding hydrogens is 455 g/mol. The van der Waals surface area contributed by atoms with Gasteiger partial charge in [-0.3, -0.25) is 9.59 Å². The summed E-state index contributed by atoms with van der Waals surface area (Å²) >= 11 is 5.91. The predicted octanol–water partition coefficient (Wildman–Crippen LogP) is 5.02. The first-order chi connectivity index (χ1) is 16.3. The molecule has 34 heavy (non-hydrogen) atoms. The van der Waals surface area contributed by atoms with Crippen LogP contribution in [-0.4, -0.2) is 35.4 Å². The minimum Gasteiger partial charge on any atom is -0.484 e. The highest BCUT2D eigenvalue weighted by Crippen LogP contribution is 2.19. The minimum absolute atomic E-state index is 0.0709. The third-order valence-electron chi connectivity index (χ3n) is 5.18. The zero-order valence-electron chi connectivity index (χ0n) is 19.2. The fraction of sp³-hybridized carbons (Fsp3) is 0.259. The molecule has 1 N–H and O–H groups in total. The average molecular weight is 483 g/mol. The molecular formula is C27H28ClFN2O3. The molecule has 2 amide bonds. The highest BCUT2D eigenvalue weighted by molar-refractivity contribution is 6.30. The zero-order valence-corrected chi connectivity index (χ0v) is 20.0. The molecule has 0 aliphatic rings. The maximum Gasteiger partial charge on any atom is 0.261 e. The van der Waals surface area contributed by atoms with E-state index in [4.69, 9.17) is 16.3 Å². The molecule has 0 unspecified atom stereocenters. The number of nitrogens with zero attached hydrogens (tertiary/aromatic N) is 1. The Kier molecular flexibility index (Phi) is 9.05. The molecule has 5 nitrogen and oxygen atoms in total. The number of rotatable bonds is 10. The Morgan fingerprint density at radius 3 is 2.26 bits per heavy atom. The van der Waals surface area contributed by atoms with Crippen LogP contribution in [0, 0.1) is 5.82 Å². The summed E-state index contributed by atoms with van der Waals surface area (Å²) < 4.78 is 20.2. The molecule has 3 aromatic rings. The third kappa shape index (κ3) is 7.32. The quantitative estimate of drug-likeness (QED) is 0.441. The van der Waals surface area contributed by atoms with Crippen molar-refractivity contribution in [3.05, 3.63) is 101 Å². The predicted molar refractivity (Wildman–Crippen MR) is 131 cm³/mol. The number of amides is 2. The number of halogens is 2. The minimum atomic E-state index is -0.856. The van der Waals surface area contributed by atoms with Gasteiger partial charge in [0.05, 0.1) is 0 Å². The van der Waals surface area contributed by atoms with Crippen LogP contribution >= 0.6 is 11.6 Å². The first kappa shape index (κ1) is 25.2. The van der Waals surface area contributed by atoms with Crippen molar-refractivity contribution in [3.63, 3.8) is 0 Å². The highest BCUT2D eigenvalue weighted by Gasteiger charge is 2.31. The van der Waals surface area contributed by atoms with Crippen LogP contribution < -0.4 is 10.1 Å². The van der Waals surface area contributed by atoms with Gasteiger partial charge in [-0.2, -0.15) is 0 Å². The van der Waals surface area contributed by atoms with Gasteiger partial charge in [0, 0.05) is 29.6 Å². The van der Waals surface area contributed by atoms with E-state index >= 15 is 0 Å². The van der Waals surface area contributed by atoms with E-state index in [1.165, 1.54) is 11.0 Å². The molecule has 7 heteroatoms. The van der Waals surface area contributed by atoms with Crippen LogP contribution in [-0.2, 0) is 22.6 Å². The largest absolute Gasteiger partial charge is 0.484 e. The fourth-order valence-corrected chi connectivity index (χ4v) is 3.63. The molecule has 0 aliphatic heterocycles. The van der Waals surface area contributed by atoms with Crippen molar-refractivity contribution in [2.24, 2.45) is 0 Å². The van der Waals surface area contributed by atoms with Crippen LogP contribution in [0.2, 0.25) is 5.02 Å². The number of benzene rings is 3. The van der Waals surface area contributed by atoms with Crippen molar-refractivity contribution in [2.45, 2.75) is 38.9 Å². The lowest BCUT2D eigenvalue weighted by molar-refractivity contribution is -0.143. The molecule has 0 spiro atoms. The Balaban J connectivity index is 1.91. The molecule has 0 saturated carbocycles. The van der Waals surface area contributed by atoms with Crippen molar-refractivity contribution in [1.29, 1.82) is 0 Å². The highest BCUT2D eigenvalue weighted by atomic mass is 35.5. The van der Waals surface area contributed by atoms with Crippen molar-refractivity contribution >= 4 is 23.4 Å². The molecule has 0 radical (unpaired) electrons. The summed E-state index contributed by atoms with van der Waals surface area (Å²) in [6, 6.07) is 21.3. The van der Waals surface area contributed by atoms with Gasteiger partial charge in [-0.05, 0) is 49.7 Å². The molecule has 0 aliphatic carbocycles. The molecule has 0 aromatic heterocycles. The van der Waals surface area contributed by atoms with E-state index in [1.807, 2.05) is 44.2 Å². The van der Waals surface area contributed by atoms with Gasteiger partial charge in [-0.1, -0.05) is 60.1 Å². The normalized spacial score (nSPS) is 11.7. The summed E-state index contributed by atoms with van der Waals surface area (Å²) in [6.07, 6.45) is 0.278. The standard InChI is InChI=1S/C27H28ClFN2O3/c1-19(2)30-27(33)25(16-20-8-4-3-5-9-20)31(17-21-10-6-7-11-24(21)29)26(32)18-34-23-14-12-22(28)13-15-23/h3-15,19,25H,16-18H2,1-2H3,(H,30,33)/t25-/m0/s1. The van der Waals surface area contributed by atoms with E-state index in [0.29, 0.717) is 16.3 Å². The average Bonchev–Trinajstić information content (AvgIpc) is 2.82. The van der Waals surface area contributed by atoms with Crippen molar-refractivity contribution in [2.75, 3.05) is 6.61 Å². The first-order valence-electron chi connectivity index (χ1n) is 11.1. The van der Waals surface area contributed by atoms with Gasteiger partial charge >= 0.3 is 0 Å². The van der Waals surface area contributed by atoms with Gasteiger partial charge in [0.25, 0.3) is 5.91 Å². The maximum atomic E-state index is 14.5. The lowest BCUT2D eigenvalue weighted by Crippen LogP contribution is -2.53. The molecule has 3 rings (SSSR count). The van der Waals surface area contributed by atoms with Crippen LogP contribution in [0.4, 0.5) is 4.39 Å². The van der Waals surface area contributed by atoms with Crippen LogP contribution in [0.1, 0.15) is 25.0 Å². The van der Waals surface area contributed by atoms with E-state index in [1.54, 1.807) is 42.5 Å². The SMILES string of the molecule is CC(C)NC(=O)[C@H](Cc1ccccc1)N(Cc1ccccc1F)C(=O)COc1ccc(Cl)cc1. The molecule has 0 heterocycles. The van der Waals surface area contributed by atoms with E-state index in [9.17, 15) is 14.0 Å². The first-order valence-corrected chi connectivity index (χ1v) is 11.5. The Morgan fingerprint density at radius 2 is 1.62 bits per heavy atom. The molecule has 0 fully saturated rings. The summed E-state index contributed by atoms with van der Waals surface area (Å²) in [7, 11) is 0. The second kappa shape index (κ2) is 12.2. The number of nitrogens with one attached hydrogen (secondary N) is 1. The zero-order chi connectivity index (χ0) is 24.5. The van der Waals surface area contributed by atoms with Gasteiger partial charge in [0.15, 0.2) is 6.61 Å². The lowest BCUT2D eigenvalue weighted by Gasteiger charge is -2.32. The summed E-state index contributed by atoms with van der Waals surface area (Å²) in [4.78, 5) is 28.0. The summed E-state index contributed by atoms with van der Waals surface area (Å²) in [5.41, 5.74) is 1.20. The second-order valence-electron chi connectivity index (χ2n) is 8.22. The van der Waals surface area contributed by atoms with Crippen molar-refractivity contribution < 1.29 is 18.7 Å². The van der Waals surface area contributed by atoms with E-state index in [2.05, 4.69) is 5.32 Å². The van der Waals surface area contributed by atoms with Gasteiger partial charge in [-0.25, -0.2) is 4.39 Å².